The zero-order valence-electron chi connectivity index (χ0n) is 23.8. The molecule has 1 aliphatic heterocycles. The summed E-state index contributed by atoms with van der Waals surface area (Å²) < 4.78 is 14.2. The lowest BCUT2D eigenvalue weighted by atomic mass is 10.0. The molecule has 3 N–H and O–H groups in total. The van der Waals surface area contributed by atoms with Crippen molar-refractivity contribution >= 4 is 57.5 Å². The number of aromatic amines is 1. The van der Waals surface area contributed by atoms with E-state index in [0.29, 0.717) is 33.3 Å². The summed E-state index contributed by atoms with van der Waals surface area (Å²) >= 11 is 5.78. The fourth-order valence-corrected chi connectivity index (χ4v) is 5.37. The molecule has 8 nitrogen and oxygen atoms in total. The number of hydrogen-bond donors (Lipinski definition) is 3. The van der Waals surface area contributed by atoms with E-state index in [1.165, 1.54) is 18.2 Å². The standard InChI is InChI=1S/C34H29ClFN5O3/c1-40-13-15-41(16-14-40)26-9-7-24(8-10-26)37-20-29-27-11-5-22(18-31(27)39-34(29)44)32(42)21-3-2-4-25(17-21)38-33(43)28-12-6-23(35)19-30(28)36/h2-12,17-20,39,44H,13-16H2,1H3,(H,38,43). The number of aromatic hydroxyl groups is 1. The van der Waals surface area contributed by atoms with Gasteiger partial charge in [-0.2, -0.15) is 0 Å². The number of halogens is 2. The molecule has 10 heteroatoms. The largest absolute Gasteiger partial charge is 0.494 e. The Labute approximate surface area is 258 Å². The molecule has 1 fully saturated rings. The van der Waals surface area contributed by atoms with Crippen LogP contribution in [0.2, 0.25) is 5.02 Å². The van der Waals surface area contributed by atoms with Crippen molar-refractivity contribution in [3.05, 3.63) is 118 Å². The molecule has 4 aromatic carbocycles. The number of likely N-dealkylation sites (N-methyl/N-ethyl adjacent to an activating group) is 1. The number of rotatable bonds is 7. The average Bonchev–Trinajstić information content (AvgIpc) is 3.34. The Morgan fingerprint density at radius 3 is 2.45 bits per heavy atom. The molecule has 1 amide bonds. The number of carbonyl (C=O) groups is 2. The zero-order valence-corrected chi connectivity index (χ0v) is 24.6. The zero-order chi connectivity index (χ0) is 30.8. The molecule has 0 saturated carbocycles. The van der Waals surface area contributed by atoms with Crippen molar-refractivity contribution in [2.24, 2.45) is 4.99 Å². The number of piperazine rings is 1. The van der Waals surface area contributed by atoms with Gasteiger partial charge in [0.2, 0.25) is 0 Å². The lowest BCUT2D eigenvalue weighted by molar-refractivity contribution is 0.101. The first-order chi connectivity index (χ1) is 21.2. The second kappa shape index (κ2) is 12.3. The second-order valence-corrected chi connectivity index (χ2v) is 11.1. The number of fused-ring (bicyclic) bond motifs is 1. The first-order valence-electron chi connectivity index (χ1n) is 14.1. The van der Waals surface area contributed by atoms with Crippen LogP contribution in [0, 0.1) is 5.82 Å². The van der Waals surface area contributed by atoms with Crippen LogP contribution in [0.4, 0.5) is 21.5 Å². The third kappa shape index (κ3) is 6.20. The van der Waals surface area contributed by atoms with Gasteiger partial charge in [0.05, 0.1) is 16.8 Å². The molecule has 0 aliphatic carbocycles. The maximum Gasteiger partial charge on any atom is 0.258 e. The summed E-state index contributed by atoms with van der Waals surface area (Å²) in [5.41, 5.74) is 3.89. The van der Waals surface area contributed by atoms with Gasteiger partial charge >= 0.3 is 0 Å². The number of nitrogens with one attached hydrogen (secondary N) is 2. The fraction of sp³-hybridized carbons (Fsp3) is 0.147. The van der Waals surface area contributed by atoms with Gasteiger partial charge in [-0.25, -0.2) is 4.39 Å². The van der Waals surface area contributed by atoms with Gasteiger partial charge < -0.3 is 25.2 Å². The van der Waals surface area contributed by atoms with Gasteiger partial charge in [-0.15, -0.1) is 0 Å². The van der Waals surface area contributed by atoms with E-state index in [1.54, 1.807) is 42.6 Å². The van der Waals surface area contributed by atoms with Crippen LogP contribution in [0.3, 0.4) is 0 Å². The number of aromatic nitrogens is 1. The van der Waals surface area contributed by atoms with Gasteiger partial charge in [-0.05, 0) is 67.7 Å². The summed E-state index contributed by atoms with van der Waals surface area (Å²) in [6, 6.07) is 23.3. The summed E-state index contributed by atoms with van der Waals surface area (Å²) in [7, 11) is 2.13. The number of amides is 1. The maximum absolute atomic E-state index is 14.2. The van der Waals surface area contributed by atoms with Crippen LogP contribution < -0.4 is 10.2 Å². The number of ketones is 1. The van der Waals surface area contributed by atoms with E-state index in [4.69, 9.17) is 11.6 Å². The molecule has 0 bridgehead atoms. The molecule has 222 valence electrons. The van der Waals surface area contributed by atoms with Gasteiger partial charge in [-0.3, -0.25) is 14.6 Å². The SMILES string of the molecule is CN1CCN(c2ccc(N=Cc3c(O)[nH]c4cc(C(=O)c5cccc(NC(=O)c6ccc(Cl)cc6F)c5)ccc34)cc2)CC1. The van der Waals surface area contributed by atoms with E-state index >= 15 is 0 Å². The summed E-state index contributed by atoms with van der Waals surface area (Å²) in [5, 5.41) is 14.1. The maximum atomic E-state index is 14.2. The molecule has 0 atom stereocenters. The van der Waals surface area contributed by atoms with Crippen LogP contribution in [-0.4, -0.2) is 66.1 Å². The van der Waals surface area contributed by atoms with Gasteiger partial charge in [0.25, 0.3) is 5.91 Å². The van der Waals surface area contributed by atoms with Crippen LogP contribution in [0.15, 0.2) is 89.9 Å². The van der Waals surface area contributed by atoms with Crippen LogP contribution in [0.1, 0.15) is 31.8 Å². The average molecular weight is 610 g/mol. The highest BCUT2D eigenvalue weighted by Gasteiger charge is 2.17. The summed E-state index contributed by atoms with van der Waals surface area (Å²) in [4.78, 5) is 38.1. The molecule has 0 spiro atoms. The molecule has 1 saturated heterocycles. The van der Waals surface area contributed by atoms with Crippen LogP contribution >= 0.6 is 11.6 Å². The number of benzene rings is 4. The van der Waals surface area contributed by atoms with Crippen LogP contribution in [0.5, 0.6) is 5.88 Å². The van der Waals surface area contributed by atoms with Crippen molar-refractivity contribution in [3.63, 3.8) is 0 Å². The molecule has 0 unspecified atom stereocenters. The lowest BCUT2D eigenvalue weighted by Gasteiger charge is -2.34. The second-order valence-electron chi connectivity index (χ2n) is 10.7. The molecule has 44 heavy (non-hydrogen) atoms. The first-order valence-corrected chi connectivity index (χ1v) is 14.5. The van der Waals surface area contributed by atoms with Gasteiger partial charge in [0.1, 0.15) is 5.82 Å². The van der Waals surface area contributed by atoms with E-state index in [2.05, 4.69) is 44.3 Å². The van der Waals surface area contributed by atoms with Crippen molar-refractivity contribution in [3.8, 4) is 5.88 Å². The van der Waals surface area contributed by atoms with Crippen molar-refractivity contribution in [1.82, 2.24) is 9.88 Å². The third-order valence-electron chi connectivity index (χ3n) is 7.70. The Morgan fingerprint density at radius 1 is 0.955 bits per heavy atom. The number of aliphatic imine (C=N–C) groups is 1. The van der Waals surface area contributed by atoms with E-state index < -0.39 is 11.7 Å². The Bertz CT molecular complexity index is 1900. The molecule has 0 radical (unpaired) electrons. The van der Waals surface area contributed by atoms with Crippen molar-refractivity contribution in [2.45, 2.75) is 0 Å². The van der Waals surface area contributed by atoms with Gasteiger partial charge in [-0.1, -0.05) is 35.9 Å². The minimum Gasteiger partial charge on any atom is -0.494 e. The highest BCUT2D eigenvalue weighted by molar-refractivity contribution is 6.30. The predicted octanol–water partition coefficient (Wildman–Crippen LogP) is 6.65. The van der Waals surface area contributed by atoms with Crippen molar-refractivity contribution < 1.29 is 19.1 Å². The molecule has 1 aliphatic rings. The number of H-pyrrole nitrogens is 1. The number of nitrogens with zero attached hydrogens (tertiary/aromatic N) is 3. The minimum atomic E-state index is -0.742. The number of hydrogen-bond acceptors (Lipinski definition) is 6. The molecular weight excluding hydrogens is 581 g/mol. The molecule has 1 aromatic heterocycles. The Balaban J connectivity index is 1.17. The molecule has 2 heterocycles. The van der Waals surface area contributed by atoms with Gasteiger partial charge in [0.15, 0.2) is 11.7 Å². The van der Waals surface area contributed by atoms with Crippen molar-refractivity contribution in [2.75, 3.05) is 43.4 Å². The molecular formula is C34H29ClFN5O3. The smallest absolute Gasteiger partial charge is 0.258 e. The molecule has 5 aromatic rings. The monoisotopic (exact) mass is 609 g/mol. The quantitative estimate of drug-likeness (QED) is 0.142. The van der Waals surface area contributed by atoms with E-state index in [9.17, 15) is 19.1 Å². The van der Waals surface area contributed by atoms with Crippen LogP contribution in [-0.2, 0) is 0 Å². The number of anilines is 2. The first kappa shape index (κ1) is 29.1. The Kier molecular flexibility index (Phi) is 8.15. The Morgan fingerprint density at radius 2 is 1.70 bits per heavy atom. The highest BCUT2D eigenvalue weighted by Crippen LogP contribution is 2.29. The van der Waals surface area contributed by atoms with E-state index in [0.717, 1.165) is 43.6 Å². The lowest BCUT2D eigenvalue weighted by Crippen LogP contribution is -2.44. The summed E-state index contributed by atoms with van der Waals surface area (Å²) in [6.45, 7) is 4.04. The fourth-order valence-electron chi connectivity index (χ4n) is 5.21. The normalized spacial score (nSPS) is 13.9. The Hall–Kier alpha value is -4.99. The summed E-state index contributed by atoms with van der Waals surface area (Å²) in [5.74, 6) is -1.74. The topological polar surface area (TPSA) is 101 Å². The number of carbonyl (C=O) groups excluding carboxylic acids is 2. The van der Waals surface area contributed by atoms with E-state index in [-0.39, 0.29) is 22.2 Å². The molecule has 6 rings (SSSR count). The van der Waals surface area contributed by atoms with Gasteiger partial charge in [0, 0.05) is 70.8 Å². The summed E-state index contributed by atoms with van der Waals surface area (Å²) in [6.07, 6.45) is 1.61. The third-order valence-corrected chi connectivity index (χ3v) is 7.93. The predicted molar refractivity (Wildman–Crippen MR) is 173 cm³/mol. The minimum absolute atomic E-state index is 0.0541. The highest BCUT2D eigenvalue weighted by atomic mass is 35.5. The van der Waals surface area contributed by atoms with E-state index in [1.807, 2.05) is 12.1 Å². The van der Waals surface area contributed by atoms with Crippen LogP contribution in [0.25, 0.3) is 10.9 Å². The van der Waals surface area contributed by atoms with Crippen molar-refractivity contribution in [1.29, 1.82) is 0 Å².